The Bertz CT molecular complexity index is 522. The van der Waals surface area contributed by atoms with Crippen LogP contribution in [0.5, 0.6) is 0 Å². The maximum Gasteiger partial charge on any atom is 0.123 e. The predicted molar refractivity (Wildman–Crippen MR) is 73.4 cm³/mol. The van der Waals surface area contributed by atoms with E-state index in [1.165, 1.54) is 12.1 Å². The molecule has 0 aromatic heterocycles. The van der Waals surface area contributed by atoms with Crippen molar-refractivity contribution in [1.29, 1.82) is 0 Å². The Balaban J connectivity index is 2.36. The Hall–Kier alpha value is -0.860. The van der Waals surface area contributed by atoms with E-state index >= 15 is 0 Å². The molecule has 1 unspecified atom stereocenters. The lowest BCUT2D eigenvalue weighted by atomic mass is 10.0. The van der Waals surface area contributed by atoms with E-state index in [0.717, 1.165) is 21.7 Å². The molecular weight excluding hydrogens is 303 g/mol. The van der Waals surface area contributed by atoms with Crippen molar-refractivity contribution in [1.82, 2.24) is 0 Å². The van der Waals surface area contributed by atoms with Crippen molar-refractivity contribution in [2.75, 3.05) is 0 Å². The van der Waals surface area contributed by atoms with Crippen LogP contribution < -0.4 is 0 Å². The molecule has 0 radical (unpaired) electrons. The maximum absolute atomic E-state index is 12.9. The van der Waals surface area contributed by atoms with E-state index in [1.54, 1.807) is 12.1 Å². The molecule has 0 nitrogen and oxygen atoms in total. The summed E-state index contributed by atoms with van der Waals surface area (Å²) in [4.78, 5) is 0.0559. The molecule has 0 aliphatic heterocycles. The topological polar surface area (TPSA) is 0 Å². The first-order chi connectivity index (χ1) is 8.08. The fraction of sp³-hybridized carbons (Fsp3) is 0.143. The fourth-order valence-corrected chi connectivity index (χ4v) is 2.78. The van der Waals surface area contributed by atoms with Gasteiger partial charge in [-0.3, -0.25) is 0 Å². The Labute approximate surface area is 114 Å². The lowest BCUT2D eigenvalue weighted by Gasteiger charge is -2.13. The number of alkyl halides is 1. The van der Waals surface area contributed by atoms with Crippen LogP contribution in [-0.2, 0) is 0 Å². The van der Waals surface area contributed by atoms with E-state index in [0.29, 0.717) is 0 Å². The minimum absolute atomic E-state index is 0.0559. The zero-order valence-electron chi connectivity index (χ0n) is 9.25. The molecule has 0 saturated carbocycles. The van der Waals surface area contributed by atoms with Crippen molar-refractivity contribution >= 4 is 27.5 Å². The highest BCUT2D eigenvalue weighted by Crippen LogP contribution is 2.33. The fourth-order valence-electron chi connectivity index (χ4n) is 1.73. The van der Waals surface area contributed by atoms with Crippen molar-refractivity contribution in [2.24, 2.45) is 0 Å². The Morgan fingerprint density at radius 1 is 1.12 bits per heavy atom. The predicted octanol–water partition coefficient (Wildman–Crippen LogP) is 5.27. The van der Waals surface area contributed by atoms with Crippen molar-refractivity contribution < 1.29 is 4.39 Å². The highest BCUT2D eigenvalue weighted by molar-refractivity contribution is 9.09. The number of hydrogen-bond acceptors (Lipinski definition) is 0. The zero-order valence-corrected chi connectivity index (χ0v) is 11.6. The third-order valence-electron chi connectivity index (χ3n) is 2.67. The molecule has 0 bridgehead atoms. The Kier molecular flexibility index (Phi) is 3.85. The van der Waals surface area contributed by atoms with Crippen LogP contribution in [0.3, 0.4) is 0 Å². The SMILES string of the molecule is Cc1cc(Cl)ccc1C(Br)c1ccc(F)cc1. The van der Waals surface area contributed by atoms with Crippen LogP contribution in [0.25, 0.3) is 0 Å². The molecule has 1 atom stereocenters. The first kappa shape index (κ1) is 12.6. The second-order valence-corrected chi connectivity index (χ2v) is 5.27. The minimum Gasteiger partial charge on any atom is -0.207 e. The number of halogens is 3. The van der Waals surface area contributed by atoms with Crippen molar-refractivity contribution in [2.45, 2.75) is 11.8 Å². The first-order valence-corrected chi connectivity index (χ1v) is 6.53. The molecule has 2 aromatic rings. The van der Waals surface area contributed by atoms with Gasteiger partial charge in [0.2, 0.25) is 0 Å². The van der Waals surface area contributed by atoms with Crippen LogP contribution in [-0.4, -0.2) is 0 Å². The van der Waals surface area contributed by atoms with E-state index in [1.807, 2.05) is 25.1 Å². The summed E-state index contributed by atoms with van der Waals surface area (Å²) in [5.74, 6) is -0.221. The standard InChI is InChI=1S/C14H11BrClF/c1-9-8-11(16)4-7-13(9)14(15)10-2-5-12(17)6-3-10/h2-8,14H,1H3. The van der Waals surface area contributed by atoms with Gasteiger partial charge in [-0.25, -0.2) is 4.39 Å². The number of hydrogen-bond donors (Lipinski definition) is 0. The molecular formula is C14H11BrClF. The molecule has 0 aliphatic carbocycles. The molecule has 0 fully saturated rings. The van der Waals surface area contributed by atoms with Gasteiger partial charge in [0, 0.05) is 5.02 Å². The van der Waals surface area contributed by atoms with Gasteiger partial charge in [0.1, 0.15) is 5.82 Å². The molecule has 0 amide bonds. The average molecular weight is 314 g/mol. The third-order valence-corrected chi connectivity index (χ3v) is 3.92. The van der Waals surface area contributed by atoms with Gasteiger partial charge in [-0.2, -0.15) is 0 Å². The van der Waals surface area contributed by atoms with Crippen molar-refractivity contribution in [3.8, 4) is 0 Å². The van der Waals surface area contributed by atoms with Crippen LogP contribution in [0.1, 0.15) is 21.5 Å². The number of aryl methyl sites for hydroxylation is 1. The molecule has 17 heavy (non-hydrogen) atoms. The summed E-state index contributed by atoms with van der Waals surface area (Å²) in [5, 5.41) is 0.727. The molecule has 0 heterocycles. The van der Waals surface area contributed by atoms with Crippen LogP contribution in [0.2, 0.25) is 5.02 Å². The monoisotopic (exact) mass is 312 g/mol. The second-order valence-electron chi connectivity index (χ2n) is 3.92. The average Bonchev–Trinajstić information content (AvgIpc) is 2.29. The van der Waals surface area contributed by atoms with Gasteiger partial charge in [-0.05, 0) is 47.9 Å². The molecule has 0 aliphatic rings. The van der Waals surface area contributed by atoms with Crippen LogP contribution in [0.4, 0.5) is 4.39 Å². The summed E-state index contributed by atoms with van der Waals surface area (Å²) in [6, 6.07) is 12.3. The third kappa shape index (κ3) is 2.88. The summed E-state index contributed by atoms with van der Waals surface area (Å²) in [5.41, 5.74) is 3.28. The normalized spacial score (nSPS) is 12.5. The number of benzene rings is 2. The van der Waals surface area contributed by atoms with Crippen molar-refractivity contribution in [3.05, 3.63) is 70.0 Å². The van der Waals surface area contributed by atoms with E-state index in [2.05, 4.69) is 15.9 Å². The van der Waals surface area contributed by atoms with Gasteiger partial charge in [0.05, 0.1) is 4.83 Å². The Morgan fingerprint density at radius 3 is 2.35 bits per heavy atom. The van der Waals surface area contributed by atoms with Crippen LogP contribution in [0.15, 0.2) is 42.5 Å². The van der Waals surface area contributed by atoms with Gasteiger partial charge in [-0.1, -0.05) is 45.7 Å². The summed E-state index contributed by atoms with van der Waals surface area (Å²) in [6.45, 7) is 2.01. The summed E-state index contributed by atoms with van der Waals surface area (Å²) in [7, 11) is 0. The van der Waals surface area contributed by atoms with Crippen LogP contribution in [0, 0.1) is 12.7 Å². The molecule has 2 aromatic carbocycles. The molecule has 0 N–H and O–H groups in total. The highest BCUT2D eigenvalue weighted by atomic mass is 79.9. The molecule has 88 valence electrons. The molecule has 3 heteroatoms. The quantitative estimate of drug-likeness (QED) is 0.662. The smallest absolute Gasteiger partial charge is 0.123 e. The molecule has 0 saturated heterocycles. The maximum atomic E-state index is 12.9. The summed E-state index contributed by atoms with van der Waals surface area (Å²) < 4.78 is 12.9. The van der Waals surface area contributed by atoms with E-state index in [-0.39, 0.29) is 10.6 Å². The van der Waals surface area contributed by atoms with Gasteiger partial charge < -0.3 is 0 Å². The number of rotatable bonds is 2. The van der Waals surface area contributed by atoms with Gasteiger partial charge in [0.15, 0.2) is 0 Å². The molecule has 2 rings (SSSR count). The summed E-state index contributed by atoms with van der Waals surface area (Å²) in [6.07, 6.45) is 0. The lowest BCUT2D eigenvalue weighted by molar-refractivity contribution is 0.627. The minimum atomic E-state index is -0.221. The lowest BCUT2D eigenvalue weighted by Crippen LogP contribution is -1.95. The van der Waals surface area contributed by atoms with Crippen LogP contribution >= 0.6 is 27.5 Å². The first-order valence-electron chi connectivity index (χ1n) is 5.23. The Morgan fingerprint density at radius 2 is 1.76 bits per heavy atom. The van der Waals surface area contributed by atoms with E-state index < -0.39 is 0 Å². The van der Waals surface area contributed by atoms with E-state index in [4.69, 9.17) is 11.6 Å². The zero-order chi connectivity index (χ0) is 12.4. The highest BCUT2D eigenvalue weighted by Gasteiger charge is 2.12. The van der Waals surface area contributed by atoms with Crippen molar-refractivity contribution in [3.63, 3.8) is 0 Å². The summed E-state index contributed by atoms with van der Waals surface area (Å²) >= 11 is 9.55. The van der Waals surface area contributed by atoms with E-state index in [9.17, 15) is 4.39 Å². The van der Waals surface area contributed by atoms with Gasteiger partial charge >= 0.3 is 0 Å². The molecule has 0 spiro atoms. The van der Waals surface area contributed by atoms with Gasteiger partial charge in [-0.15, -0.1) is 0 Å². The van der Waals surface area contributed by atoms with Gasteiger partial charge in [0.25, 0.3) is 0 Å². The largest absolute Gasteiger partial charge is 0.207 e. The second kappa shape index (κ2) is 5.19.